The highest BCUT2D eigenvalue weighted by atomic mass is 16.6. The number of ether oxygens (including phenoxy) is 3. The summed E-state index contributed by atoms with van der Waals surface area (Å²) < 4.78 is 23.6. The quantitative estimate of drug-likeness (QED) is 0.445. The fourth-order valence-electron chi connectivity index (χ4n) is 5.35. The van der Waals surface area contributed by atoms with Crippen molar-refractivity contribution in [1.82, 2.24) is 4.98 Å². The third-order valence-corrected chi connectivity index (χ3v) is 8.26. The Morgan fingerprint density at radius 2 is 1.81 bits per heavy atom. The molecule has 1 saturated carbocycles. The number of fused-ring (bicyclic) bond motifs is 3. The molecule has 5 rings (SSSR count). The number of nitrogens with zero attached hydrogens (tertiary/aromatic N) is 1. The summed E-state index contributed by atoms with van der Waals surface area (Å²) in [6.45, 7) is 7.53. The van der Waals surface area contributed by atoms with Crippen LogP contribution in [0, 0.1) is 10.8 Å². The Hall–Kier alpha value is -3.68. The van der Waals surface area contributed by atoms with Crippen LogP contribution in [-0.2, 0) is 38.7 Å². The number of esters is 2. The van der Waals surface area contributed by atoms with Crippen LogP contribution in [0.5, 0.6) is 5.75 Å². The van der Waals surface area contributed by atoms with E-state index in [1.807, 2.05) is 39.8 Å². The molecule has 2 aromatic heterocycles. The maximum atomic E-state index is 13.5. The van der Waals surface area contributed by atoms with Crippen molar-refractivity contribution in [3.05, 3.63) is 69.8 Å². The highest BCUT2D eigenvalue weighted by molar-refractivity contribution is 5.93. The van der Waals surface area contributed by atoms with E-state index in [1.54, 1.807) is 24.5 Å². The molecule has 188 valence electrons. The van der Waals surface area contributed by atoms with Crippen molar-refractivity contribution < 1.29 is 28.2 Å². The fraction of sp³-hybridized carbons (Fsp3) is 0.429. The zero-order valence-corrected chi connectivity index (χ0v) is 20.9. The number of pyridine rings is 1. The van der Waals surface area contributed by atoms with Crippen molar-refractivity contribution in [3.8, 4) is 5.75 Å². The van der Waals surface area contributed by atoms with E-state index >= 15 is 0 Å². The fourth-order valence-corrected chi connectivity index (χ4v) is 5.35. The van der Waals surface area contributed by atoms with Gasteiger partial charge in [-0.2, -0.15) is 0 Å². The molecule has 0 unspecified atom stereocenters. The number of carbonyl (C=O) groups is 2. The highest BCUT2D eigenvalue weighted by Gasteiger charge is 2.76. The average molecular weight is 492 g/mol. The first-order valence-electron chi connectivity index (χ1n) is 12.1. The SMILES string of the molecule is CCc1cc(=O)c2ccc(OCc3ccncc3)c(COC(=O)[C@@]34CC[C@@](C)(C(=O)O3)C4(C)C)c2o1. The van der Waals surface area contributed by atoms with Crippen LogP contribution < -0.4 is 10.2 Å². The van der Waals surface area contributed by atoms with Crippen molar-refractivity contribution >= 4 is 22.9 Å². The first-order chi connectivity index (χ1) is 17.1. The van der Waals surface area contributed by atoms with Crippen molar-refractivity contribution in [3.63, 3.8) is 0 Å². The van der Waals surface area contributed by atoms with Gasteiger partial charge in [-0.3, -0.25) is 14.6 Å². The molecule has 0 amide bonds. The summed E-state index contributed by atoms with van der Waals surface area (Å²) in [5.41, 5.74) is -1.34. The van der Waals surface area contributed by atoms with Crippen LogP contribution in [0.1, 0.15) is 57.4 Å². The van der Waals surface area contributed by atoms with E-state index in [2.05, 4.69) is 4.98 Å². The number of benzene rings is 1. The number of rotatable bonds is 7. The lowest BCUT2D eigenvalue weighted by Gasteiger charge is -2.34. The van der Waals surface area contributed by atoms with Gasteiger partial charge in [0.05, 0.1) is 16.4 Å². The molecule has 3 aromatic rings. The average Bonchev–Trinajstić information content (AvgIpc) is 3.17. The standard InChI is InChI=1S/C28H29NO7/c1-5-18-14-21(30)19-6-7-22(33-15-17-8-12-29-13-9-17)20(23(19)35-18)16-34-25(32)28-11-10-27(4,24(31)36-28)26(28,2)3/h6-9,12-14H,5,10-11,15-16H2,1-4H3/t27-,28+/m0/s1. The van der Waals surface area contributed by atoms with E-state index in [0.29, 0.717) is 47.3 Å². The molecule has 2 fully saturated rings. The largest absolute Gasteiger partial charge is 0.488 e. The summed E-state index contributed by atoms with van der Waals surface area (Å²) >= 11 is 0. The summed E-state index contributed by atoms with van der Waals surface area (Å²) in [5.74, 6) is -0.0312. The molecule has 0 spiro atoms. The van der Waals surface area contributed by atoms with Gasteiger partial charge in [-0.15, -0.1) is 0 Å². The van der Waals surface area contributed by atoms with Crippen LogP contribution in [0.2, 0.25) is 0 Å². The second-order valence-electron chi connectivity index (χ2n) is 10.2. The molecule has 1 aromatic carbocycles. The summed E-state index contributed by atoms with van der Waals surface area (Å²) in [6, 6.07) is 8.47. The van der Waals surface area contributed by atoms with Gasteiger partial charge in [-0.1, -0.05) is 20.8 Å². The van der Waals surface area contributed by atoms with E-state index in [0.717, 1.165) is 5.56 Å². The lowest BCUT2D eigenvalue weighted by Crippen LogP contribution is -2.48. The molecule has 2 aliphatic rings. The Balaban J connectivity index is 1.50. The number of aromatic nitrogens is 1. The van der Waals surface area contributed by atoms with E-state index in [1.165, 1.54) is 6.07 Å². The van der Waals surface area contributed by atoms with Gasteiger partial charge in [0.15, 0.2) is 5.43 Å². The van der Waals surface area contributed by atoms with Crippen LogP contribution in [0.25, 0.3) is 11.0 Å². The van der Waals surface area contributed by atoms with Crippen LogP contribution in [0.15, 0.2) is 51.9 Å². The Kier molecular flexibility index (Phi) is 5.65. The van der Waals surface area contributed by atoms with Gasteiger partial charge in [-0.05, 0) is 49.6 Å². The lowest BCUT2D eigenvalue weighted by molar-refractivity contribution is -0.184. The number of hydrogen-bond donors (Lipinski definition) is 0. The smallest absolute Gasteiger partial charge is 0.351 e. The van der Waals surface area contributed by atoms with E-state index in [4.69, 9.17) is 18.6 Å². The molecule has 3 heterocycles. The second-order valence-corrected chi connectivity index (χ2v) is 10.2. The summed E-state index contributed by atoms with van der Waals surface area (Å²) in [7, 11) is 0. The minimum Gasteiger partial charge on any atom is -0.488 e. The third kappa shape index (κ3) is 3.42. The van der Waals surface area contributed by atoms with E-state index in [9.17, 15) is 14.4 Å². The van der Waals surface area contributed by atoms with Crippen LogP contribution >= 0.6 is 0 Å². The maximum Gasteiger partial charge on any atom is 0.351 e. The maximum absolute atomic E-state index is 13.5. The summed E-state index contributed by atoms with van der Waals surface area (Å²) in [6.07, 6.45) is 4.83. The van der Waals surface area contributed by atoms with Crippen molar-refractivity contribution in [1.29, 1.82) is 0 Å². The first-order valence-corrected chi connectivity index (χ1v) is 12.1. The molecule has 0 radical (unpaired) electrons. The van der Waals surface area contributed by atoms with Gasteiger partial charge in [0.1, 0.15) is 30.3 Å². The van der Waals surface area contributed by atoms with Crippen LogP contribution in [0.3, 0.4) is 0 Å². The predicted octanol–water partition coefficient (Wildman–Crippen LogP) is 4.49. The van der Waals surface area contributed by atoms with Gasteiger partial charge < -0.3 is 18.6 Å². The summed E-state index contributed by atoms with van der Waals surface area (Å²) in [5, 5.41) is 0.369. The molecular weight excluding hydrogens is 462 g/mol. The minimum absolute atomic E-state index is 0.183. The third-order valence-electron chi connectivity index (χ3n) is 8.26. The van der Waals surface area contributed by atoms with Gasteiger partial charge in [0, 0.05) is 30.3 Å². The molecule has 2 bridgehead atoms. The van der Waals surface area contributed by atoms with Crippen LogP contribution in [-0.4, -0.2) is 22.5 Å². The predicted molar refractivity (Wildman–Crippen MR) is 130 cm³/mol. The Labute approximate surface area is 208 Å². The molecule has 36 heavy (non-hydrogen) atoms. The van der Waals surface area contributed by atoms with E-state index in [-0.39, 0.29) is 24.6 Å². The normalized spacial score (nSPS) is 24.1. The number of carbonyl (C=O) groups excluding carboxylic acids is 2. The molecule has 8 nitrogen and oxygen atoms in total. The minimum atomic E-state index is -1.35. The van der Waals surface area contributed by atoms with Gasteiger partial charge in [-0.25, -0.2) is 4.79 Å². The Morgan fingerprint density at radius 3 is 2.44 bits per heavy atom. The molecule has 1 saturated heterocycles. The molecule has 0 N–H and O–H groups in total. The van der Waals surface area contributed by atoms with Crippen molar-refractivity contribution in [2.24, 2.45) is 10.8 Å². The zero-order valence-electron chi connectivity index (χ0n) is 20.9. The Morgan fingerprint density at radius 1 is 1.06 bits per heavy atom. The Bertz CT molecular complexity index is 1410. The molecular formula is C28H29NO7. The number of hydrogen-bond acceptors (Lipinski definition) is 8. The lowest BCUT2D eigenvalue weighted by atomic mass is 9.66. The monoisotopic (exact) mass is 491 g/mol. The number of aryl methyl sites for hydroxylation is 1. The van der Waals surface area contributed by atoms with Gasteiger partial charge in [0.25, 0.3) is 0 Å². The van der Waals surface area contributed by atoms with Crippen LogP contribution in [0.4, 0.5) is 0 Å². The molecule has 8 heteroatoms. The molecule has 1 aliphatic carbocycles. The zero-order chi connectivity index (χ0) is 25.7. The van der Waals surface area contributed by atoms with Gasteiger partial charge >= 0.3 is 11.9 Å². The first kappa shape index (κ1) is 24.0. The van der Waals surface area contributed by atoms with Crippen molar-refractivity contribution in [2.75, 3.05) is 0 Å². The molecule has 2 atom stereocenters. The second kappa shape index (κ2) is 8.47. The van der Waals surface area contributed by atoms with Gasteiger partial charge in [0.2, 0.25) is 5.60 Å². The van der Waals surface area contributed by atoms with E-state index < -0.39 is 22.4 Å². The highest BCUT2D eigenvalue weighted by Crippen LogP contribution is 2.65. The molecule has 1 aliphatic heterocycles. The topological polar surface area (TPSA) is 105 Å². The summed E-state index contributed by atoms with van der Waals surface area (Å²) in [4.78, 5) is 42.8. The van der Waals surface area contributed by atoms with Crippen molar-refractivity contribution in [2.45, 2.75) is 65.8 Å².